The van der Waals surface area contributed by atoms with Crippen molar-refractivity contribution in [2.45, 2.75) is 199 Å². The van der Waals surface area contributed by atoms with Gasteiger partial charge in [-0.25, -0.2) is 0 Å². The van der Waals surface area contributed by atoms with Gasteiger partial charge >= 0.3 is 11.9 Å². The van der Waals surface area contributed by atoms with Crippen LogP contribution in [0, 0.1) is 23.7 Å². The highest BCUT2D eigenvalue weighted by Gasteiger charge is 2.54. The van der Waals surface area contributed by atoms with E-state index in [1.165, 1.54) is 21.0 Å². The lowest BCUT2D eigenvalue weighted by Crippen LogP contribution is -2.61. The Morgan fingerprint density at radius 2 is 1.59 bits per heavy atom. The minimum atomic E-state index is -1.93. The molecule has 3 aliphatic rings. The maximum atomic E-state index is 14.4. The number of hydrogen-bond donors (Lipinski definition) is 4. The van der Waals surface area contributed by atoms with Crippen molar-refractivity contribution in [2.75, 3.05) is 27.8 Å². The van der Waals surface area contributed by atoms with E-state index >= 15 is 0 Å². The zero-order valence-electron chi connectivity index (χ0n) is 37.7. The fourth-order valence-electron chi connectivity index (χ4n) is 9.19. The van der Waals surface area contributed by atoms with Crippen LogP contribution in [0.25, 0.3) is 0 Å². The van der Waals surface area contributed by atoms with Crippen molar-refractivity contribution in [1.29, 1.82) is 0 Å². The number of likely N-dealkylation sites (N-methyl/N-ethyl adjacent to an activating group) is 1. The molecule has 0 aromatic carbocycles. The number of aliphatic hydroxyl groups is 4. The molecule has 0 amide bonds. The van der Waals surface area contributed by atoms with E-state index in [4.69, 9.17) is 38.0 Å². The summed E-state index contributed by atoms with van der Waals surface area (Å²) in [6.45, 7) is 20.7. The maximum absolute atomic E-state index is 14.4. The van der Waals surface area contributed by atoms with Crippen LogP contribution in [0.1, 0.15) is 115 Å². The van der Waals surface area contributed by atoms with Gasteiger partial charge in [0.1, 0.15) is 30.0 Å². The van der Waals surface area contributed by atoms with Gasteiger partial charge in [-0.05, 0) is 81.3 Å². The molecule has 1 unspecified atom stereocenters. The number of cyclic esters (lactones) is 1. The Bertz CT molecular complexity index is 1360. The van der Waals surface area contributed by atoms with Crippen molar-refractivity contribution in [3.8, 4) is 0 Å². The minimum absolute atomic E-state index is 0.0104. The summed E-state index contributed by atoms with van der Waals surface area (Å²) in [6.07, 6.45) is -8.45. The monoisotopic (exact) mass is 833 g/mol. The highest BCUT2D eigenvalue weighted by Crippen LogP contribution is 2.41. The average Bonchev–Trinajstić information content (AvgIpc) is 3.13. The summed E-state index contributed by atoms with van der Waals surface area (Å²) in [5.74, 6) is -4.50. The van der Waals surface area contributed by atoms with Crippen molar-refractivity contribution < 1.29 is 68.0 Å². The fraction of sp³-hybridized carbons (Fsp3) is 0.929. The van der Waals surface area contributed by atoms with E-state index in [0.717, 1.165) is 0 Å². The van der Waals surface area contributed by atoms with Gasteiger partial charge in [0.15, 0.2) is 18.7 Å². The lowest BCUT2D eigenvalue weighted by Gasteiger charge is -2.49. The lowest BCUT2D eigenvalue weighted by molar-refractivity contribution is -0.318. The van der Waals surface area contributed by atoms with E-state index in [0.29, 0.717) is 25.2 Å². The number of oxime groups is 1. The molecule has 0 spiro atoms. The molecule has 18 atom stereocenters. The second kappa shape index (κ2) is 20.7. The van der Waals surface area contributed by atoms with Crippen LogP contribution in [0.4, 0.5) is 0 Å². The van der Waals surface area contributed by atoms with E-state index in [1.54, 1.807) is 48.5 Å². The quantitative estimate of drug-likeness (QED) is 0.134. The van der Waals surface area contributed by atoms with Crippen LogP contribution in [-0.2, 0) is 47.6 Å². The molecule has 0 aliphatic carbocycles. The highest BCUT2D eigenvalue weighted by molar-refractivity contribution is 5.88. The number of aliphatic hydroxyl groups excluding tert-OH is 2. The Hall–Kier alpha value is -1.99. The number of ether oxygens (including phenoxy) is 7. The highest BCUT2D eigenvalue weighted by atomic mass is 16.7. The summed E-state index contributed by atoms with van der Waals surface area (Å²) in [6, 6.07) is -0.322. The molecule has 3 fully saturated rings. The SMILES string of the molecule is CCCO/N=C1\[C@H](C)CC(C)(O)[C@H](O[C@@H]2O[C@H](C)C[C@H](N(C)C)[C@H]2O)[C@@H](C)[C@H](O[C@H]2C[C@@](C)(OC)[C@@H](OC(C)=O)[C@H](C)O2)[C@@H](C)C(=O)O[C@H](CC)[C@@](C)(O)[C@H](O)[C@H]1C. The van der Waals surface area contributed by atoms with Gasteiger partial charge in [-0.2, -0.15) is 0 Å². The molecule has 3 heterocycles. The van der Waals surface area contributed by atoms with Crippen LogP contribution < -0.4 is 0 Å². The Morgan fingerprint density at radius 3 is 2.14 bits per heavy atom. The second-order valence-electron chi connectivity index (χ2n) is 18.0. The largest absolute Gasteiger partial charge is 0.459 e. The topological polar surface area (TPSA) is 204 Å². The van der Waals surface area contributed by atoms with Gasteiger partial charge in [-0.15, -0.1) is 0 Å². The third-order valence-corrected chi connectivity index (χ3v) is 12.6. The Morgan fingerprint density at radius 1 is 0.948 bits per heavy atom. The Kier molecular flexibility index (Phi) is 18.0. The molecule has 16 nitrogen and oxygen atoms in total. The summed E-state index contributed by atoms with van der Waals surface area (Å²) in [7, 11) is 5.24. The molecular weight excluding hydrogens is 756 g/mol. The number of methoxy groups -OCH3 is 1. The van der Waals surface area contributed by atoms with Crippen molar-refractivity contribution in [3.63, 3.8) is 0 Å². The smallest absolute Gasteiger partial charge is 0.311 e. The molecule has 0 saturated carbocycles. The molecule has 58 heavy (non-hydrogen) atoms. The van der Waals surface area contributed by atoms with Crippen LogP contribution in [0.5, 0.6) is 0 Å². The summed E-state index contributed by atoms with van der Waals surface area (Å²) in [4.78, 5) is 34.0. The number of rotatable bonds is 11. The fourth-order valence-corrected chi connectivity index (χ4v) is 9.19. The van der Waals surface area contributed by atoms with Crippen molar-refractivity contribution in [3.05, 3.63) is 0 Å². The van der Waals surface area contributed by atoms with Crippen LogP contribution in [0.2, 0.25) is 0 Å². The zero-order valence-corrected chi connectivity index (χ0v) is 37.7. The van der Waals surface area contributed by atoms with E-state index in [9.17, 15) is 30.0 Å². The van der Waals surface area contributed by atoms with Gasteiger partial charge in [0.25, 0.3) is 0 Å². The van der Waals surface area contributed by atoms with Crippen LogP contribution in [0.3, 0.4) is 0 Å². The van der Waals surface area contributed by atoms with Crippen LogP contribution in [0.15, 0.2) is 5.16 Å². The van der Waals surface area contributed by atoms with Gasteiger partial charge in [-0.3, -0.25) is 9.59 Å². The van der Waals surface area contributed by atoms with Crippen LogP contribution >= 0.6 is 0 Å². The molecular formula is C42H76N2O14. The lowest BCUT2D eigenvalue weighted by atomic mass is 9.73. The van der Waals surface area contributed by atoms with Gasteiger partial charge in [0.05, 0.1) is 47.8 Å². The normalized spacial score (nSPS) is 45.7. The molecule has 4 N–H and O–H groups in total. The first-order valence-corrected chi connectivity index (χ1v) is 21.1. The van der Waals surface area contributed by atoms with Gasteiger partial charge in [0, 0.05) is 44.2 Å². The van der Waals surface area contributed by atoms with Crippen molar-refractivity contribution in [1.82, 2.24) is 4.90 Å². The standard InChI is InChI=1S/C42H76N2O14/c1-16-18-52-43-32-22(3)20-40(10,49)36(58-39-33(46)29(44(13)14)19-23(4)53-39)25(6)34(26(7)38(48)56-30(17-2)42(12,50)35(47)24(32)5)57-31-21-41(11,51-15)37(27(8)54-31)55-28(9)45/h22-27,29-31,33-37,39,46-47,49-50H,16-21H2,1-15H3/b43-32+/t22-,23-,24+,25+,26-,27+,29+,30-,31+,33-,34+,35-,36-,37+,39+,40?,41-,42-/m1/s1. The average molecular weight is 833 g/mol. The van der Waals surface area contributed by atoms with Gasteiger partial charge < -0.3 is 63.3 Å². The van der Waals surface area contributed by atoms with Crippen molar-refractivity contribution >= 4 is 17.7 Å². The number of nitrogens with zero attached hydrogens (tertiary/aromatic N) is 2. The van der Waals surface area contributed by atoms with E-state index < -0.39 is 108 Å². The predicted molar refractivity (Wildman–Crippen MR) is 214 cm³/mol. The molecule has 0 bridgehead atoms. The second-order valence-corrected chi connectivity index (χ2v) is 18.0. The maximum Gasteiger partial charge on any atom is 0.311 e. The number of esters is 2. The molecule has 0 aromatic rings. The summed E-state index contributed by atoms with van der Waals surface area (Å²) < 4.78 is 43.7. The molecule has 16 heteroatoms. The van der Waals surface area contributed by atoms with Crippen LogP contribution in [-0.4, -0.2) is 155 Å². The first-order chi connectivity index (χ1) is 26.9. The molecule has 0 aromatic heterocycles. The Labute approximate surface area is 346 Å². The van der Waals surface area contributed by atoms with Gasteiger partial charge in [0.2, 0.25) is 0 Å². The third-order valence-electron chi connectivity index (χ3n) is 12.6. The van der Waals surface area contributed by atoms with E-state index in [2.05, 4.69) is 5.16 Å². The predicted octanol–water partition coefficient (Wildman–Crippen LogP) is 3.57. The van der Waals surface area contributed by atoms with Gasteiger partial charge in [-0.1, -0.05) is 39.8 Å². The molecule has 338 valence electrons. The summed E-state index contributed by atoms with van der Waals surface area (Å²) in [5.41, 5.74) is -4.34. The molecule has 3 rings (SSSR count). The molecule has 0 radical (unpaired) electrons. The summed E-state index contributed by atoms with van der Waals surface area (Å²) in [5, 5.41) is 52.6. The number of hydrogen-bond acceptors (Lipinski definition) is 16. The number of carbonyl (C=O) groups excluding carboxylic acids is 2. The first-order valence-electron chi connectivity index (χ1n) is 21.1. The molecule has 3 aliphatic heterocycles. The third kappa shape index (κ3) is 11.7. The summed E-state index contributed by atoms with van der Waals surface area (Å²) >= 11 is 0. The molecule has 3 saturated heterocycles. The van der Waals surface area contributed by atoms with E-state index in [1.807, 2.05) is 39.8 Å². The Balaban J connectivity index is 2.25. The number of carbonyl (C=O) groups is 2. The first kappa shape index (κ1) is 50.4. The zero-order chi connectivity index (χ0) is 44.1. The van der Waals surface area contributed by atoms with Crippen molar-refractivity contribution in [2.24, 2.45) is 28.8 Å². The minimum Gasteiger partial charge on any atom is -0.459 e. The van der Waals surface area contributed by atoms with E-state index in [-0.39, 0.29) is 31.4 Å².